The van der Waals surface area contributed by atoms with Crippen molar-refractivity contribution < 1.29 is 19.4 Å². The Morgan fingerprint density at radius 3 is 2.43 bits per heavy atom. The quantitative estimate of drug-likeness (QED) is 0.221. The van der Waals surface area contributed by atoms with Gasteiger partial charge in [-0.05, 0) is 72.1 Å². The van der Waals surface area contributed by atoms with E-state index < -0.39 is 0 Å². The first-order valence-corrected chi connectivity index (χ1v) is 14.3. The van der Waals surface area contributed by atoms with E-state index in [0.717, 1.165) is 22.3 Å². The predicted octanol–water partition coefficient (Wildman–Crippen LogP) is 5.53. The molecule has 0 bridgehead atoms. The average Bonchev–Trinajstić information content (AvgIpc) is 3.68. The van der Waals surface area contributed by atoms with E-state index in [4.69, 9.17) is 22.1 Å². The van der Waals surface area contributed by atoms with Crippen LogP contribution in [0.5, 0.6) is 17.2 Å². The summed E-state index contributed by atoms with van der Waals surface area (Å²) in [7, 11) is 1.82. The molecule has 3 heterocycles. The molecule has 0 saturated carbocycles. The number of carbonyl (C=O) groups is 2. The van der Waals surface area contributed by atoms with Crippen LogP contribution in [-0.2, 0) is 7.05 Å². The first-order chi connectivity index (χ1) is 21.2. The second kappa shape index (κ2) is 12.1. The minimum Gasteiger partial charge on any atom is -0.508 e. The number of hydrogen-bond donors (Lipinski definition) is 3. The summed E-state index contributed by atoms with van der Waals surface area (Å²) < 4.78 is 7.49. The van der Waals surface area contributed by atoms with Crippen LogP contribution < -0.4 is 15.8 Å². The molecule has 1 aliphatic heterocycles. The first kappa shape index (κ1) is 28.8. The fourth-order valence-electron chi connectivity index (χ4n) is 5.10. The largest absolute Gasteiger partial charge is 0.508 e. The van der Waals surface area contributed by atoms with E-state index >= 15 is 0 Å². The molecule has 5 aromatic rings. The number of nitrogens with two attached hydrogens (primary N) is 1. The molecule has 1 fully saturated rings. The Kier molecular flexibility index (Phi) is 7.91. The lowest BCUT2D eigenvalue weighted by Gasteiger charge is -2.18. The second-order valence-corrected chi connectivity index (χ2v) is 11.0. The number of nitrogens with zero attached hydrogens (tertiary/aromatic N) is 4. The zero-order chi connectivity index (χ0) is 30.8. The number of nitrogen functional groups attached to an aromatic ring is 1. The molecule has 1 atom stereocenters. The molecule has 0 spiro atoms. The molecule has 0 unspecified atom stereocenters. The van der Waals surface area contributed by atoms with Crippen molar-refractivity contribution in [1.29, 1.82) is 0 Å². The lowest BCUT2D eigenvalue weighted by atomic mass is 10.0. The van der Waals surface area contributed by atoms with Crippen molar-refractivity contribution in [1.82, 2.24) is 25.0 Å². The maximum absolute atomic E-state index is 13.3. The average molecular weight is 609 g/mol. The number of amides is 2. The molecular weight excluding hydrogens is 580 g/mol. The molecule has 222 valence electrons. The van der Waals surface area contributed by atoms with Crippen LogP contribution in [0.4, 0.5) is 5.82 Å². The topological polar surface area (TPSA) is 136 Å². The molecule has 4 N–H and O–H groups in total. The lowest BCUT2D eigenvalue weighted by Crippen LogP contribution is -2.38. The van der Waals surface area contributed by atoms with Crippen molar-refractivity contribution in [3.63, 3.8) is 0 Å². The van der Waals surface area contributed by atoms with E-state index in [1.165, 1.54) is 12.1 Å². The van der Waals surface area contributed by atoms with Crippen molar-refractivity contribution in [3.05, 3.63) is 108 Å². The van der Waals surface area contributed by atoms with E-state index in [1.54, 1.807) is 64.4 Å². The fraction of sp³-hybridized carbons (Fsp3) is 0.152. The number of rotatable bonds is 7. The Hall–Kier alpha value is -5.35. The third kappa shape index (κ3) is 6.20. The summed E-state index contributed by atoms with van der Waals surface area (Å²) in [5, 5.41) is 17.1. The van der Waals surface area contributed by atoms with Gasteiger partial charge in [-0.3, -0.25) is 14.3 Å². The smallest absolute Gasteiger partial charge is 0.255 e. The predicted molar refractivity (Wildman–Crippen MR) is 168 cm³/mol. The summed E-state index contributed by atoms with van der Waals surface area (Å²) in [6.07, 6.45) is 5.77. The van der Waals surface area contributed by atoms with Gasteiger partial charge in [0, 0.05) is 55.3 Å². The number of hydrogen-bond acceptors (Lipinski definition) is 7. The first-order valence-electron chi connectivity index (χ1n) is 13.9. The van der Waals surface area contributed by atoms with Gasteiger partial charge in [0.2, 0.25) is 0 Å². The molecule has 2 aromatic heterocycles. The van der Waals surface area contributed by atoms with Gasteiger partial charge in [-0.15, -0.1) is 0 Å². The van der Waals surface area contributed by atoms with Gasteiger partial charge in [0.25, 0.3) is 11.8 Å². The summed E-state index contributed by atoms with van der Waals surface area (Å²) >= 11 is 6.48. The minimum absolute atomic E-state index is 0.108. The number of anilines is 1. The van der Waals surface area contributed by atoms with E-state index in [0.29, 0.717) is 41.6 Å². The van der Waals surface area contributed by atoms with Gasteiger partial charge < -0.3 is 25.8 Å². The zero-order valence-corrected chi connectivity index (χ0v) is 24.5. The highest BCUT2D eigenvalue weighted by molar-refractivity contribution is 6.32. The summed E-state index contributed by atoms with van der Waals surface area (Å²) in [6.45, 7) is 0.910. The summed E-state index contributed by atoms with van der Waals surface area (Å²) in [5.41, 5.74) is 10.2. The second-order valence-electron chi connectivity index (χ2n) is 10.6. The van der Waals surface area contributed by atoms with Crippen LogP contribution in [0.3, 0.4) is 0 Å². The van der Waals surface area contributed by atoms with Gasteiger partial charge in [-0.25, -0.2) is 4.98 Å². The molecule has 3 aromatic carbocycles. The summed E-state index contributed by atoms with van der Waals surface area (Å²) in [4.78, 5) is 32.3. The molecule has 0 aliphatic carbocycles. The van der Waals surface area contributed by atoms with E-state index in [1.807, 2.05) is 31.4 Å². The Morgan fingerprint density at radius 2 is 1.73 bits per heavy atom. The van der Waals surface area contributed by atoms with Crippen LogP contribution >= 0.6 is 11.6 Å². The number of phenols is 1. The third-order valence-corrected chi connectivity index (χ3v) is 7.77. The number of pyridine rings is 1. The summed E-state index contributed by atoms with van der Waals surface area (Å²) in [5.74, 6) is 0.900. The van der Waals surface area contributed by atoms with Crippen molar-refractivity contribution in [2.24, 2.45) is 7.05 Å². The number of ether oxygens (including phenoxy) is 1. The maximum atomic E-state index is 13.3. The summed E-state index contributed by atoms with van der Waals surface area (Å²) in [6, 6.07) is 20.7. The molecule has 44 heavy (non-hydrogen) atoms. The number of nitrogens with one attached hydrogen (secondary N) is 1. The number of carbonyl (C=O) groups excluding carboxylic acids is 2. The van der Waals surface area contributed by atoms with Gasteiger partial charge in [0.15, 0.2) is 0 Å². The van der Waals surface area contributed by atoms with Crippen LogP contribution in [0.25, 0.3) is 22.3 Å². The Bertz CT molecular complexity index is 1840. The van der Waals surface area contributed by atoms with Crippen LogP contribution in [-0.4, -0.2) is 55.7 Å². The van der Waals surface area contributed by atoms with Crippen LogP contribution in [0.2, 0.25) is 5.02 Å². The molecular formula is C33H29ClN6O4. The molecule has 0 radical (unpaired) electrons. The fourth-order valence-corrected chi connectivity index (χ4v) is 5.32. The molecule has 2 amide bonds. The molecule has 1 saturated heterocycles. The van der Waals surface area contributed by atoms with Gasteiger partial charge in [-0.2, -0.15) is 5.10 Å². The van der Waals surface area contributed by atoms with E-state index in [2.05, 4.69) is 15.4 Å². The standard InChI is InChI=1S/C33H29ClN6O4/c1-39-18-24(17-37-39)23-14-28(31(35)36-16-23)32(42)38-25-12-13-40(19-25)33(43)21-4-2-20(3-5-21)22-6-11-30(29(34)15-22)44-27-9-7-26(41)8-10-27/h2-11,14-18,25,41H,12-13,19H2,1H3,(H2,35,36)(H,38,42)/t25-/m1/s1. The highest BCUT2D eigenvalue weighted by Crippen LogP contribution is 2.34. The molecule has 6 rings (SSSR count). The number of phenolic OH excluding ortho intramolecular Hbond substituents is 1. The Labute approximate surface area is 258 Å². The van der Waals surface area contributed by atoms with Crippen LogP contribution in [0.15, 0.2) is 91.4 Å². The molecule has 10 nitrogen and oxygen atoms in total. The van der Waals surface area contributed by atoms with E-state index in [9.17, 15) is 14.7 Å². The van der Waals surface area contributed by atoms with Crippen LogP contribution in [0, 0.1) is 0 Å². The normalized spacial score (nSPS) is 14.4. The van der Waals surface area contributed by atoms with Crippen molar-refractivity contribution in [2.45, 2.75) is 12.5 Å². The molecule has 1 aliphatic rings. The zero-order valence-electron chi connectivity index (χ0n) is 23.8. The number of aromatic nitrogens is 3. The van der Waals surface area contributed by atoms with Crippen LogP contribution in [0.1, 0.15) is 27.1 Å². The SMILES string of the molecule is Cn1cc(-c2cnc(N)c(C(=O)N[C@@H]3CCN(C(=O)c4ccc(-c5ccc(Oc6ccc(O)cc6)c(Cl)c5)cc4)C3)c2)cn1. The molecule has 11 heteroatoms. The Balaban J connectivity index is 1.07. The van der Waals surface area contributed by atoms with Gasteiger partial charge in [-0.1, -0.05) is 29.8 Å². The van der Waals surface area contributed by atoms with Crippen molar-refractivity contribution in [3.8, 4) is 39.5 Å². The number of aryl methyl sites for hydroxylation is 1. The van der Waals surface area contributed by atoms with Gasteiger partial charge >= 0.3 is 0 Å². The van der Waals surface area contributed by atoms with Gasteiger partial charge in [0.1, 0.15) is 23.1 Å². The maximum Gasteiger partial charge on any atom is 0.255 e. The number of likely N-dealkylation sites (tertiary alicyclic amines) is 1. The number of aromatic hydroxyl groups is 1. The monoisotopic (exact) mass is 608 g/mol. The lowest BCUT2D eigenvalue weighted by molar-refractivity contribution is 0.0783. The number of halogens is 1. The number of benzene rings is 3. The van der Waals surface area contributed by atoms with Gasteiger partial charge in [0.05, 0.1) is 16.8 Å². The Morgan fingerprint density at radius 1 is 0.977 bits per heavy atom. The third-order valence-electron chi connectivity index (χ3n) is 7.47. The minimum atomic E-state index is -0.331. The highest BCUT2D eigenvalue weighted by atomic mass is 35.5. The van der Waals surface area contributed by atoms with Crippen molar-refractivity contribution >= 4 is 29.2 Å². The van der Waals surface area contributed by atoms with E-state index in [-0.39, 0.29) is 35.0 Å². The highest BCUT2D eigenvalue weighted by Gasteiger charge is 2.29. The van der Waals surface area contributed by atoms with Crippen molar-refractivity contribution in [2.75, 3.05) is 18.8 Å².